The molecule has 1 aromatic carbocycles. The van der Waals surface area contributed by atoms with Crippen LogP contribution in [0.4, 0.5) is 5.69 Å². The number of H-pyrrole nitrogens is 1. The van der Waals surface area contributed by atoms with Gasteiger partial charge in [0, 0.05) is 18.6 Å². The molecule has 0 unspecified atom stereocenters. The summed E-state index contributed by atoms with van der Waals surface area (Å²) >= 11 is 0. The number of hydrogen-bond donors (Lipinski definition) is 2. The molecule has 0 spiro atoms. The number of aromatic nitrogens is 2. The molecule has 5 heteroatoms. The number of nitrogens with zero attached hydrogens (tertiary/aromatic N) is 1. The Morgan fingerprint density at radius 1 is 1.29 bits per heavy atom. The monoisotopic (exact) mass is 229 g/mol. The molecule has 2 aromatic rings. The first-order valence-corrected chi connectivity index (χ1v) is 5.09. The van der Waals surface area contributed by atoms with Gasteiger partial charge in [-0.15, -0.1) is 0 Å². The smallest absolute Gasteiger partial charge is 0.266 e. The molecule has 2 N–H and O–H groups in total. The summed E-state index contributed by atoms with van der Waals surface area (Å²) in [5, 5.41) is 8.90. The van der Waals surface area contributed by atoms with E-state index in [2.05, 4.69) is 15.5 Å². The van der Waals surface area contributed by atoms with Gasteiger partial charge >= 0.3 is 0 Å². The summed E-state index contributed by atoms with van der Waals surface area (Å²) in [5.74, 6) is -0.241. The number of carbonyl (C=O) groups is 1. The summed E-state index contributed by atoms with van der Waals surface area (Å²) < 4.78 is 0. The summed E-state index contributed by atoms with van der Waals surface area (Å²) in [5.41, 5.74) is 1.42. The van der Waals surface area contributed by atoms with Gasteiger partial charge in [-0.25, -0.2) is 5.10 Å². The number of amides is 1. The molecule has 0 aliphatic carbocycles. The molecule has 17 heavy (non-hydrogen) atoms. The van der Waals surface area contributed by atoms with Gasteiger partial charge in [-0.3, -0.25) is 9.59 Å². The Morgan fingerprint density at radius 2 is 2.00 bits per heavy atom. The fourth-order valence-electron chi connectivity index (χ4n) is 1.50. The minimum atomic E-state index is -0.353. The molecular weight excluding hydrogens is 218 g/mol. The fourth-order valence-corrected chi connectivity index (χ4v) is 1.50. The lowest BCUT2D eigenvalue weighted by atomic mass is 10.1. The van der Waals surface area contributed by atoms with Crippen molar-refractivity contribution in [3.63, 3.8) is 0 Å². The molecule has 1 amide bonds. The normalized spacial score (nSPS) is 9.94. The van der Waals surface area contributed by atoms with Crippen LogP contribution in [0.3, 0.4) is 0 Å². The van der Waals surface area contributed by atoms with E-state index in [1.54, 1.807) is 0 Å². The summed E-state index contributed by atoms with van der Waals surface area (Å²) in [4.78, 5) is 22.2. The number of anilines is 1. The third-order valence-corrected chi connectivity index (χ3v) is 2.17. The molecule has 1 aromatic heterocycles. The quantitative estimate of drug-likeness (QED) is 0.817. The zero-order valence-electron chi connectivity index (χ0n) is 9.23. The highest BCUT2D eigenvalue weighted by molar-refractivity contribution is 5.92. The Hall–Kier alpha value is -2.43. The van der Waals surface area contributed by atoms with Crippen LogP contribution in [0.5, 0.6) is 0 Å². The molecule has 0 saturated carbocycles. The van der Waals surface area contributed by atoms with Crippen LogP contribution in [0.1, 0.15) is 6.92 Å². The lowest BCUT2D eigenvalue weighted by Crippen LogP contribution is -2.14. The van der Waals surface area contributed by atoms with Gasteiger partial charge in [0.05, 0.1) is 5.69 Å². The van der Waals surface area contributed by atoms with Crippen LogP contribution in [-0.2, 0) is 4.79 Å². The highest BCUT2D eigenvalue weighted by Crippen LogP contribution is 2.23. The topological polar surface area (TPSA) is 74.8 Å². The lowest BCUT2D eigenvalue weighted by molar-refractivity contribution is -0.114. The highest BCUT2D eigenvalue weighted by atomic mass is 16.1. The van der Waals surface area contributed by atoms with Crippen molar-refractivity contribution >= 4 is 11.6 Å². The Kier molecular flexibility index (Phi) is 3.00. The number of benzene rings is 1. The van der Waals surface area contributed by atoms with E-state index < -0.39 is 0 Å². The average molecular weight is 229 g/mol. The number of nitrogens with one attached hydrogen (secondary N) is 2. The van der Waals surface area contributed by atoms with Crippen molar-refractivity contribution in [1.29, 1.82) is 0 Å². The van der Waals surface area contributed by atoms with Gasteiger partial charge in [0.1, 0.15) is 5.69 Å². The van der Waals surface area contributed by atoms with E-state index in [1.807, 2.05) is 30.3 Å². The molecule has 0 saturated heterocycles. The molecule has 0 atom stereocenters. The van der Waals surface area contributed by atoms with E-state index in [-0.39, 0.29) is 11.5 Å². The van der Waals surface area contributed by atoms with Gasteiger partial charge in [0.2, 0.25) is 5.91 Å². The first-order valence-electron chi connectivity index (χ1n) is 5.09. The summed E-state index contributed by atoms with van der Waals surface area (Å²) in [6, 6.07) is 10.6. The van der Waals surface area contributed by atoms with Gasteiger partial charge in [-0.1, -0.05) is 30.3 Å². The molecule has 0 aliphatic rings. The van der Waals surface area contributed by atoms with E-state index in [0.717, 1.165) is 5.56 Å². The molecule has 0 bridgehead atoms. The van der Waals surface area contributed by atoms with Crippen molar-refractivity contribution in [2.45, 2.75) is 6.92 Å². The van der Waals surface area contributed by atoms with Crippen molar-refractivity contribution < 1.29 is 4.79 Å². The van der Waals surface area contributed by atoms with Crippen molar-refractivity contribution in [2.75, 3.05) is 5.32 Å². The molecule has 0 fully saturated rings. The average Bonchev–Trinajstić information content (AvgIpc) is 2.29. The molecular formula is C12H11N3O2. The lowest BCUT2D eigenvalue weighted by Gasteiger charge is -2.07. The second-order valence-electron chi connectivity index (χ2n) is 3.54. The maximum atomic E-state index is 11.2. The molecule has 86 valence electrons. The highest BCUT2D eigenvalue weighted by Gasteiger charge is 2.08. The SMILES string of the molecule is CC(=O)Nc1cc(=O)[nH]nc1-c1ccccc1. The minimum absolute atomic E-state index is 0.241. The number of hydrogen-bond acceptors (Lipinski definition) is 3. The maximum absolute atomic E-state index is 11.2. The first kappa shape index (κ1) is 11.1. The van der Waals surface area contributed by atoms with Gasteiger partial charge in [-0.2, -0.15) is 5.10 Å². The van der Waals surface area contributed by atoms with Gasteiger partial charge in [0.15, 0.2) is 0 Å². The van der Waals surface area contributed by atoms with Crippen LogP contribution in [0, 0.1) is 0 Å². The summed E-state index contributed by atoms with van der Waals surface area (Å²) in [6.07, 6.45) is 0. The standard InChI is InChI=1S/C12H11N3O2/c1-8(16)13-10-7-11(17)14-15-12(10)9-5-3-2-4-6-9/h2-7H,1H3,(H2,13,14,16,17). The van der Waals surface area contributed by atoms with Crippen LogP contribution >= 0.6 is 0 Å². The number of carbonyl (C=O) groups excluding carboxylic acids is 1. The number of rotatable bonds is 2. The van der Waals surface area contributed by atoms with Gasteiger partial charge in [-0.05, 0) is 0 Å². The first-order chi connectivity index (χ1) is 8.16. The molecule has 1 heterocycles. The Balaban J connectivity index is 2.53. The van der Waals surface area contributed by atoms with Crippen LogP contribution in [0.25, 0.3) is 11.3 Å². The minimum Gasteiger partial charge on any atom is -0.324 e. The zero-order valence-corrected chi connectivity index (χ0v) is 9.23. The number of aromatic amines is 1. The molecule has 0 radical (unpaired) electrons. The summed E-state index contributed by atoms with van der Waals surface area (Å²) in [7, 11) is 0. The van der Waals surface area contributed by atoms with Crippen LogP contribution in [0.15, 0.2) is 41.2 Å². The molecule has 2 rings (SSSR count). The van der Waals surface area contributed by atoms with E-state index >= 15 is 0 Å². The van der Waals surface area contributed by atoms with E-state index in [4.69, 9.17) is 0 Å². The molecule has 0 aliphatic heterocycles. The van der Waals surface area contributed by atoms with Crippen molar-refractivity contribution in [1.82, 2.24) is 10.2 Å². The van der Waals surface area contributed by atoms with Crippen molar-refractivity contribution in [3.05, 3.63) is 46.8 Å². The van der Waals surface area contributed by atoms with E-state index in [1.165, 1.54) is 13.0 Å². The van der Waals surface area contributed by atoms with E-state index in [9.17, 15) is 9.59 Å². The van der Waals surface area contributed by atoms with Crippen LogP contribution < -0.4 is 10.9 Å². The van der Waals surface area contributed by atoms with Crippen molar-refractivity contribution in [3.8, 4) is 11.3 Å². The third kappa shape index (κ3) is 2.57. The van der Waals surface area contributed by atoms with Crippen LogP contribution in [0.2, 0.25) is 0 Å². The maximum Gasteiger partial charge on any atom is 0.266 e. The van der Waals surface area contributed by atoms with Crippen LogP contribution in [-0.4, -0.2) is 16.1 Å². The van der Waals surface area contributed by atoms with E-state index in [0.29, 0.717) is 11.4 Å². The van der Waals surface area contributed by atoms with Gasteiger partial charge < -0.3 is 5.32 Å². The summed E-state index contributed by atoms with van der Waals surface area (Å²) in [6.45, 7) is 1.38. The third-order valence-electron chi connectivity index (χ3n) is 2.17. The fraction of sp³-hybridized carbons (Fsp3) is 0.0833. The largest absolute Gasteiger partial charge is 0.324 e. The predicted molar refractivity (Wildman–Crippen MR) is 64.6 cm³/mol. The predicted octanol–water partition coefficient (Wildman–Crippen LogP) is 1.40. The Labute approximate surface area is 97.5 Å². The second kappa shape index (κ2) is 4.61. The molecule has 5 nitrogen and oxygen atoms in total. The second-order valence-corrected chi connectivity index (χ2v) is 3.54. The Morgan fingerprint density at radius 3 is 2.65 bits per heavy atom. The zero-order chi connectivity index (χ0) is 12.3. The Bertz CT molecular complexity index is 590. The van der Waals surface area contributed by atoms with Crippen molar-refractivity contribution in [2.24, 2.45) is 0 Å². The van der Waals surface area contributed by atoms with Gasteiger partial charge in [0.25, 0.3) is 5.56 Å².